The van der Waals surface area contributed by atoms with Crippen LogP contribution in [0.3, 0.4) is 0 Å². The van der Waals surface area contributed by atoms with Crippen LogP contribution in [0, 0.1) is 10.1 Å². The number of aliphatic carboxylic acids is 1. The third-order valence-electron chi connectivity index (χ3n) is 2.44. The molecule has 0 saturated carbocycles. The quantitative estimate of drug-likeness (QED) is 0.622. The molecule has 0 fully saturated rings. The van der Waals surface area contributed by atoms with Crippen LogP contribution in [0.25, 0.3) is 0 Å². The number of hydrogen-bond acceptors (Lipinski definition) is 5. The number of hydrogen-bond donors (Lipinski definition) is 1. The van der Waals surface area contributed by atoms with Crippen molar-refractivity contribution in [2.75, 3.05) is 7.05 Å². The summed E-state index contributed by atoms with van der Waals surface area (Å²) < 4.78 is 0. The predicted octanol–water partition coefficient (Wildman–Crippen LogP) is 1.95. The molecule has 1 N–H and O–H groups in total. The lowest BCUT2D eigenvalue weighted by molar-refractivity contribution is -0.380. The van der Waals surface area contributed by atoms with Crippen molar-refractivity contribution < 1.29 is 14.8 Å². The fourth-order valence-electron chi connectivity index (χ4n) is 1.58. The molecule has 7 heteroatoms. The third-order valence-corrected chi connectivity index (χ3v) is 3.46. The van der Waals surface area contributed by atoms with E-state index in [1.54, 1.807) is 24.9 Å². The molecule has 1 aromatic rings. The average molecular weight is 258 g/mol. The minimum absolute atomic E-state index is 0.0803. The summed E-state index contributed by atoms with van der Waals surface area (Å²) in [6.45, 7) is 2.20. The molecule has 0 amide bonds. The van der Waals surface area contributed by atoms with Crippen LogP contribution in [-0.2, 0) is 11.3 Å². The van der Waals surface area contributed by atoms with E-state index in [-0.39, 0.29) is 5.00 Å². The third kappa shape index (κ3) is 3.50. The lowest BCUT2D eigenvalue weighted by Crippen LogP contribution is -2.37. The SMILES string of the molecule is CCC(C(=O)O)N(C)Cc1ccc([N+](=O)[O-])s1. The molecule has 0 aliphatic heterocycles. The zero-order valence-corrected chi connectivity index (χ0v) is 10.4. The van der Waals surface area contributed by atoms with E-state index < -0.39 is 16.9 Å². The highest BCUT2D eigenvalue weighted by molar-refractivity contribution is 7.15. The van der Waals surface area contributed by atoms with E-state index in [0.29, 0.717) is 13.0 Å². The molecular weight excluding hydrogens is 244 g/mol. The number of carboxylic acids is 1. The van der Waals surface area contributed by atoms with E-state index in [0.717, 1.165) is 16.2 Å². The molecule has 0 aliphatic carbocycles. The summed E-state index contributed by atoms with van der Waals surface area (Å²) in [6, 6.07) is 2.54. The van der Waals surface area contributed by atoms with Crippen molar-refractivity contribution in [2.45, 2.75) is 25.9 Å². The van der Waals surface area contributed by atoms with Crippen molar-refractivity contribution in [2.24, 2.45) is 0 Å². The van der Waals surface area contributed by atoms with Gasteiger partial charge in [-0.3, -0.25) is 19.8 Å². The van der Waals surface area contributed by atoms with Crippen molar-refractivity contribution >= 4 is 22.3 Å². The van der Waals surface area contributed by atoms with Gasteiger partial charge in [0.05, 0.1) is 4.92 Å². The van der Waals surface area contributed by atoms with Crippen LogP contribution in [0.2, 0.25) is 0 Å². The topological polar surface area (TPSA) is 83.7 Å². The van der Waals surface area contributed by atoms with Gasteiger partial charge in [0.2, 0.25) is 0 Å². The molecule has 0 radical (unpaired) electrons. The summed E-state index contributed by atoms with van der Waals surface area (Å²) >= 11 is 1.08. The Labute approximate surface area is 103 Å². The zero-order chi connectivity index (χ0) is 13.0. The van der Waals surface area contributed by atoms with Gasteiger partial charge in [-0.1, -0.05) is 18.3 Å². The summed E-state index contributed by atoms with van der Waals surface area (Å²) in [4.78, 5) is 23.5. The van der Waals surface area contributed by atoms with Crippen molar-refractivity contribution in [3.05, 3.63) is 27.1 Å². The maximum atomic E-state index is 10.9. The Hall–Kier alpha value is -1.47. The van der Waals surface area contributed by atoms with Gasteiger partial charge in [-0.2, -0.15) is 0 Å². The van der Waals surface area contributed by atoms with Gasteiger partial charge in [-0.25, -0.2) is 0 Å². The highest BCUT2D eigenvalue weighted by Gasteiger charge is 2.21. The molecule has 1 heterocycles. The van der Waals surface area contributed by atoms with Crippen LogP contribution < -0.4 is 0 Å². The zero-order valence-electron chi connectivity index (χ0n) is 9.62. The Bertz CT molecular complexity index is 418. The molecule has 0 aromatic carbocycles. The molecular formula is C10H14N2O4S. The highest BCUT2D eigenvalue weighted by atomic mass is 32.1. The first-order valence-electron chi connectivity index (χ1n) is 5.11. The lowest BCUT2D eigenvalue weighted by Gasteiger charge is -2.22. The van der Waals surface area contributed by atoms with Gasteiger partial charge in [0.25, 0.3) is 0 Å². The molecule has 1 unspecified atom stereocenters. The van der Waals surface area contributed by atoms with Crippen LogP contribution in [-0.4, -0.2) is 34.0 Å². The number of carboxylic acid groups (broad SMARTS) is 1. The monoisotopic (exact) mass is 258 g/mol. The number of nitrogens with zero attached hydrogens (tertiary/aromatic N) is 2. The van der Waals surface area contributed by atoms with Gasteiger partial charge in [-0.15, -0.1) is 0 Å². The molecule has 94 valence electrons. The normalized spacial score (nSPS) is 12.6. The summed E-state index contributed by atoms with van der Waals surface area (Å²) in [7, 11) is 1.70. The summed E-state index contributed by atoms with van der Waals surface area (Å²) in [5.41, 5.74) is 0. The fourth-order valence-corrected chi connectivity index (χ4v) is 2.46. The molecule has 1 aromatic heterocycles. The van der Waals surface area contributed by atoms with Crippen LogP contribution in [0.4, 0.5) is 5.00 Å². The summed E-state index contributed by atoms with van der Waals surface area (Å²) in [6.07, 6.45) is 0.499. The number of nitro groups is 1. The first kappa shape index (κ1) is 13.6. The number of thiophene rings is 1. The van der Waals surface area contributed by atoms with Crippen LogP contribution in [0.1, 0.15) is 18.2 Å². The van der Waals surface area contributed by atoms with E-state index in [1.807, 2.05) is 0 Å². The van der Waals surface area contributed by atoms with Gasteiger partial charge in [-0.05, 0) is 19.5 Å². The van der Waals surface area contributed by atoms with E-state index in [2.05, 4.69) is 0 Å². The predicted molar refractivity (Wildman–Crippen MR) is 64.2 cm³/mol. The van der Waals surface area contributed by atoms with E-state index in [4.69, 9.17) is 5.11 Å². The molecule has 6 nitrogen and oxygen atoms in total. The smallest absolute Gasteiger partial charge is 0.324 e. The van der Waals surface area contributed by atoms with Gasteiger partial charge >= 0.3 is 11.0 Å². The molecule has 1 atom stereocenters. The first-order chi connectivity index (χ1) is 7.95. The Morgan fingerprint density at radius 1 is 1.65 bits per heavy atom. The number of carbonyl (C=O) groups is 1. The molecule has 17 heavy (non-hydrogen) atoms. The van der Waals surface area contributed by atoms with Crippen molar-refractivity contribution in [3.8, 4) is 0 Å². The Balaban J connectivity index is 2.69. The Kier molecular flexibility index (Phi) is 4.59. The van der Waals surface area contributed by atoms with Crippen LogP contribution >= 0.6 is 11.3 Å². The second kappa shape index (κ2) is 5.74. The van der Waals surface area contributed by atoms with Crippen molar-refractivity contribution in [1.29, 1.82) is 0 Å². The van der Waals surface area contributed by atoms with E-state index >= 15 is 0 Å². The Morgan fingerprint density at radius 3 is 2.71 bits per heavy atom. The van der Waals surface area contributed by atoms with Gasteiger partial charge in [0, 0.05) is 17.5 Å². The molecule has 0 bridgehead atoms. The molecule has 0 aliphatic rings. The van der Waals surface area contributed by atoms with Gasteiger partial charge < -0.3 is 5.11 Å². The number of rotatable bonds is 6. The maximum Gasteiger partial charge on any atom is 0.324 e. The highest BCUT2D eigenvalue weighted by Crippen LogP contribution is 2.25. The average Bonchev–Trinajstić information content (AvgIpc) is 2.66. The van der Waals surface area contributed by atoms with Crippen molar-refractivity contribution in [3.63, 3.8) is 0 Å². The molecule has 0 spiro atoms. The van der Waals surface area contributed by atoms with Gasteiger partial charge in [0.15, 0.2) is 0 Å². The summed E-state index contributed by atoms with van der Waals surface area (Å²) in [5, 5.41) is 19.6. The lowest BCUT2D eigenvalue weighted by atomic mass is 10.2. The van der Waals surface area contributed by atoms with Gasteiger partial charge in [0.1, 0.15) is 6.04 Å². The minimum atomic E-state index is -0.874. The van der Waals surface area contributed by atoms with Crippen molar-refractivity contribution in [1.82, 2.24) is 4.90 Å². The Morgan fingerprint density at radius 2 is 2.29 bits per heavy atom. The second-order valence-corrected chi connectivity index (χ2v) is 4.82. The van der Waals surface area contributed by atoms with E-state index in [9.17, 15) is 14.9 Å². The fraction of sp³-hybridized carbons (Fsp3) is 0.500. The van der Waals surface area contributed by atoms with Crippen LogP contribution in [0.15, 0.2) is 12.1 Å². The molecule has 0 saturated heterocycles. The second-order valence-electron chi connectivity index (χ2n) is 3.67. The maximum absolute atomic E-state index is 10.9. The van der Waals surface area contributed by atoms with E-state index in [1.165, 1.54) is 6.07 Å². The number of likely N-dealkylation sites (N-methyl/N-ethyl adjacent to an activating group) is 1. The standard InChI is InChI=1S/C10H14N2O4S/c1-3-8(10(13)14)11(2)6-7-4-5-9(17-7)12(15)16/h4-5,8H,3,6H2,1-2H3,(H,13,14). The first-order valence-corrected chi connectivity index (χ1v) is 5.93. The largest absolute Gasteiger partial charge is 0.480 e. The minimum Gasteiger partial charge on any atom is -0.480 e. The molecule has 1 rings (SSSR count). The summed E-state index contributed by atoms with van der Waals surface area (Å²) in [5.74, 6) is -0.874. The van der Waals surface area contributed by atoms with Crippen LogP contribution in [0.5, 0.6) is 0 Å².